The van der Waals surface area contributed by atoms with Gasteiger partial charge in [0, 0.05) is 25.7 Å². The third-order valence-corrected chi connectivity index (χ3v) is 8.29. The molecule has 1 aromatic heterocycles. The summed E-state index contributed by atoms with van der Waals surface area (Å²) in [7, 11) is 0. The molecule has 0 N–H and O–H groups in total. The molecule has 8 heteroatoms. The molecule has 0 radical (unpaired) electrons. The van der Waals surface area contributed by atoms with Gasteiger partial charge in [-0.2, -0.15) is 0 Å². The van der Waals surface area contributed by atoms with E-state index in [-0.39, 0.29) is 5.91 Å². The van der Waals surface area contributed by atoms with Gasteiger partial charge in [0.2, 0.25) is 11.9 Å². The van der Waals surface area contributed by atoms with Crippen molar-refractivity contribution >= 4 is 23.6 Å². The molecule has 5 rings (SSSR count). The van der Waals surface area contributed by atoms with Gasteiger partial charge in [0.1, 0.15) is 0 Å². The third kappa shape index (κ3) is 4.92. The van der Waals surface area contributed by atoms with Crippen LogP contribution in [0, 0.1) is 5.92 Å². The molecule has 1 aromatic carbocycles. The second-order valence-corrected chi connectivity index (χ2v) is 10.3. The zero-order chi connectivity index (χ0) is 22.6. The van der Waals surface area contributed by atoms with Crippen molar-refractivity contribution in [2.24, 2.45) is 5.92 Å². The van der Waals surface area contributed by atoms with Crippen LogP contribution in [-0.4, -0.2) is 70.2 Å². The summed E-state index contributed by atoms with van der Waals surface area (Å²) in [5, 5.41) is 9.90. The van der Waals surface area contributed by atoms with Gasteiger partial charge >= 0.3 is 0 Å². The zero-order valence-electron chi connectivity index (χ0n) is 19.6. The molecule has 1 saturated carbocycles. The van der Waals surface area contributed by atoms with Crippen LogP contribution in [0.2, 0.25) is 0 Å². The number of fused-ring (bicyclic) bond motifs is 1. The van der Waals surface area contributed by atoms with Gasteiger partial charge in [0.25, 0.3) is 0 Å². The van der Waals surface area contributed by atoms with E-state index in [1.807, 2.05) is 0 Å². The number of hydrogen-bond donors (Lipinski definition) is 0. The predicted molar refractivity (Wildman–Crippen MR) is 131 cm³/mol. The first-order valence-electron chi connectivity index (χ1n) is 12.5. The largest absolute Gasteiger partial charge is 0.378 e. The van der Waals surface area contributed by atoms with Crippen molar-refractivity contribution in [1.29, 1.82) is 0 Å². The Morgan fingerprint density at radius 3 is 2.76 bits per heavy atom. The van der Waals surface area contributed by atoms with Crippen molar-refractivity contribution in [1.82, 2.24) is 19.7 Å². The summed E-state index contributed by atoms with van der Waals surface area (Å²) >= 11 is 1.52. The Hall–Kier alpha value is -2.06. The molecule has 2 atom stereocenters. The minimum absolute atomic E-state index is 0.251. The number of ether oxygens (including phenoxy) is 1. The molecule has 0 spiro atoms. The van der Waals surface area contributed by atoms with E-state index in [4.69, 9.17) is 4.74 Å². The number of benzene rings is 1. The van der Waals surface area contributed by atoms with Crippen LogP contribution in [0.25, 0.3) is 5.69 Å². The monoisotopic (exact) mass is 469 g/mol. The standard InChI is InChI=1S/C25H35N5O2S/c1-2-19-7-5-10-21(17-19)30-24(28-13-15-32-16-14-28)26-27-25(30)33-18-23(31)29-12-6-9-20-8-3-4-11-22(20)29/h5,7,10,17,20,22H,2-4,6,8-9,11-16,18H2,1H3/t20-,22+/m0/s1. The molecule has 0 bridgehead atoms. The second kappa shape index (κ2) is 10.5. The van der Waals surface area contributed by atoms with Gasteiger partial charge in [0.05, 0.1) is 24.7 Å². The van der Waals surface area contributed by atoms with Crippen LogP contribution in [0.4, 0.5) is 5.95 Å². The Bertz CT molecular complexity index is 956. The van der Waals surface area contributed by atoms with Crippen LogP contribution >= 0.6 is 11.8 Å². The van der Waals surface area contributed by atoms with Crippen LogP contribution in [0.5, 0.6) is 0 Å². The van der Waals surface area contributed by atoms with Gasteiger partial charge in [-0.25, -0.2) is 0 Å². The number of rotatable bonds is 6. The number of piperidine rings is 1. The molecule has 33 heavy (non-hydrogen) atoms. The first-order chi connectivity index (χ1) is 16.2. The highest BCUT2D eigenvalue weighted by Crippen LogP contribution is 2.36. The molecule has 3 aliphatic rings. The number of nitrogens with zero attached hydrogens (tertiary/aromatic N) is 5. The molecular formula is C25H35N5O2S. The summed E-state index contributed by atoms with van der Waals surface area (Å²) in [6.07, 6.45) is 8.42. The highest BCUT2D eigenvalue weighted by Gasteiger charge is 2.35. The molecule has 178 valence electrons. The minimum Gasteiger partial charge on any atom is -0.378 e. The van der Waals surface area contributed by atoms with Gasteiger partial charge in [-0.1, -0.05) is 43.7 Å². The maximum atomic E-state index is 13.3. The van der Waals surface area contributed by atoms with E-state index in [0.29, 0.717) is 30.9 Å². The average Bonchev–Trinajstić information content (AvgIpc) is 3.31. The minimum atomic E-state index is 0.251. The molecule has 1 amide bonds. The Labute approximate surface area is 200 Å². The quantitative estimate of drug-likeness (QED) is 0.597. The molecule has 2 aliphatic heterocycles. The number of carbonyl (C=O) groups is 1. The van der Waals surface area contributed by atoms with Crippen molar-refractivity contribution < 1.29 is 9.53 Å². The summed E-state index contributed by atoms with van der Waals surface area (Å²) in [6.45, 7) is 6.06. The van der Waals surface area contributed by atoms with E-state index < -0.39 is 0 Å². The van der Waals surface area contributed by atoms with Gasteiger partial charge in [-0.3, -0.25) is 9.36 Å². The number of amides is 1. The van der Waals surface area contributed by atoms with Crippen molar-refractivity contribution in [3.05, 3.63) is 29.8 Å². The molecule has 0 unspecified atom stereocenters. The number of hydrogen-bond acceptors (Lipinski definition) is 6. The first-order valence-corrected chi connectivity index (χ1v) is 13.5. The van der Waals surface area contributed by atoms with Crippen molar-refractivity contribution in [3.63, 3.8) is 0 Å². The number of aromatic nitrogens is 3. The van der Waals surface area contributed by atoms with E-state index in [9.17, 15) is 4.79 Å². The topological polar surface area (TPSA) is 63.5 Å². The summed E-state index contributed by atoms with van der Waals surface area (Å²) in [6, 6.07) is 9.00. The molecule has 7 nitrogen and oxygen atoms in total. The van der Waals surface area contributed by atoms with E-state index in [2.05, 4.69) is 55.8 Å². The Morgan fingerprint density at radius 1 is 1.09 bits per heavy atom. The Morgan fingerprint density at radius 2 is 1.91 bits per heavy atom. The molecule has 3 fully saturated rings. The lowest BCUT2D eigenvalue weighted by molar-refractivity contribution is -0.134. The normalized spacial score (nSPS) is 23.4. The predicted octanol–water partition coefficient (Wildman–Crippen LogP) is 3.94. The summed E-state index contributed by atoms with van der Waals surface area (Å²) in [5.41, 5.74) is 2.33. The Balaban J connectivity index is 1.37. The zero-order valence-corrected chi connectivity index (χ0v) is 20.4. The molecule has 1 aliphatic carbocycles. The van der Waals surface area contributed by atoms with Crippen LogP contribution < -0.4 is 4.90 Å². The lowest BCUT2D eigenvalue weighted by atomic mass is 9.78. The molecule has 2 saturated heterocycles. The summed E-state index contributed by atoms with van der Waals surface area (Å²) in [4.78, 5) is 17.7. The highest BCUT2D eigenvalue weighted by molar-refractivity contribution is 7.99. The molecule has 2 aromatic rings. The van der Waals surface area contributed by atoms with Crippen LogP contribution in [0.15, 0.2) is 29.4 Å². The maximum absolute atomic E-state index is 13.3. The van der Waals surface area contributed by atoms with Gasteiger partial charge < -0.3 is 14.5 Å². The number of carbonyl (C=O) groups excluding carboxylic acids is 1. The average molecular weight is 470 g/mol. The number of aryl methyl sites for hydroxylation is 1. The smallest absolute Gasteiger partial charge is 0.233 e. The fourth-order valence-corrected chi connectivity index (χ4v) is 6.44. The lowest BCUT2D eigenvalue weighted by Crippen LogP contribution is -2.50. The first kappa shape index (κ1) is 22.7. The van der Waals surface area contributed by atoms with E-state index in [1.54, 1.807) is 0 Å². The SMILES string of the molecule is CCc1cccc(-n2c(SCC(=O)N3CCC[C@@H]4CCCC[C@H]43)nnc2N2CCOCC2)c1. The van der Waals surface area contributed by atoms with Crippen LogP contribution in [0.3, 0.4) is 0 Å². The van der Waals surface area contributed by atoms with E-state index in [0.717, 1.165) is 49.3 Å². The van der Waals surface area contributed by atoms with E-state index in [1.165, 1.54) is 49.4 Å². The van der Waals surface area contributed by atoms with Gasteiger partial charge in [-0.15, -0.1) is 10.2 Å². The third-order valence-electron chi connectivity index (χ3n) is 7.38. The molecular weight excluding hydrogens is 434 g/mol. The summed E-state index contributed by atoms with van der Waals surface area (Å²) < 4.78 is 7.67. The Kier molecular flexibility index (Phi) is 7.21. The number of morpholine rings is 1. The van der Waals surface area contributed by atoms with Gasteiger partial charge in [-0.05, 0) is 55.7 Å². The molecule has 3 heterocycles. The fraction of sp³-hybridized carbons (Fsp3) is 0.640. The van der Waals surface area contributed by atoms with Crippen LogP contribution in [0.1, 0.15) is 51.0 Å². The van der Waals surface area contributed by atoms with Crippen molar-refractivity contribution in [2.75, 3.05) is 43.5 Å². The fourth-order valence-electron chi connectivity index (χ4n) is 5.61. The second-order valence-electron chi connectivity index (χ2n) is 9.37. The maximum Gasteiger partial charge on any atom is 0.233 e. The van der Waals surface area contributed by atoms with Crippen LogP contribution in [-0.2, 0) is 16.0 Å². The number of thioether (sulfide) groups is 1. The highest BCUT2D eigenvalue weighted by atomic mass is 32.2. The number of likely N-dealkylation sites (tertiary alicyclic amines) is 1. The van der Waals surface area contributed by atoms with Crippen molar-refractivity contribution in [2.45, 2.75) is 63.1 Å². The lowest BCUT2D eigenvalue weighted by Gasteiger charge is -2.44. The summed E-state index contributed by atoms with van der Waals surface area (Å²) in [5.74, 6) is 2.21. The van der Waals surface area contributed by atoms with E-state index >= 15 is 0 Å². The number of anilines is 1. The van der Waals surface area contributed by atoms with Gasteiger partial charge in [0.15, 0.2) is 5.16 Å². The van der Waals surface area contributed by atoms with Crippen molar-refractivity contribution in [3.8, 4) is 5.69 Å².